The zero-order valence-corrected chi connectivity index (χ0v) is 8.89. The topological polar surface area (TPSA) is 44.8 Å². The fourth-order valence-corrected chi connectivity index (χ4v) is 1.13. The molecule has 0 aromatic rings. The first-order valence-electron chi connectivity index (χ1n) is 3.96. The molecule has 0 atom stereocenters. The van der Waals surface area contributed by atoms with Crippen molar-refractivity contribution >= 4 is 17.6 Å². The minimum Gasteiger partial charge on any atom is -0.466 e. The van der Waals surface area contributed by atoms with Gasteiger partial charge in [-0.25, -0.2) is 0 Å². The van der Waals surface area contributed by atoms with Crippen LogP contribution in [0.4, 0.5) is 0 Å². The van der Waals surface area contributed by atoms with Crippen LogP contribution in [-0.2, 0) is 19.0 Å². The number of methoxy groups -OCH3 is 2. The lowest BCUT2D eigenvalue weighted by Gasteiger charge is -2.27. The highest BCUT2D eigenvalue weighted by molar-refractivity contribution is 6.18. The zero-order chi connectivity index (χ0) is 10.3. The third-order valence-corrected chi connectivity index (χ3v) is 2.07. The Labute approximate surface area is 83.1 Å². The molecular formula is C8H15ClO4. The monoisotopic (exact) mass is 210 g/mol. The van der Waals surface area contributed by atoms with Crippen molar-refractivity contribution in [2.75, 3.05) is 26.7 Å². The van der Waals surface area contributed by atoms with Crippen molar-refractivity contribution in [3.05, 3.63) is 0 Å². The van der Waals surface area contributed by atoms with Crippen LogP contribution < -0.4 is 0 Å². The van der Waals surface area contributed by atoms with Crippen LogP contribution in [0.25, 0.3) is 0 Å². The van der Waals surface area contributed by atoms with Crippen LogP contribution >= 0.6 is 11.6 Å². The van der Waals surface area contributed by atoms with Crippen LogP contribution in [0.1, 0.15) is 13.3 Å². The summed E-state index contributed by atoms with van der Waals surface area (Å²) in [6.45, 7) is 2.07. The fraction of sp³-hybridized carbons (Fsp3) is 0.875. The molecular weight excluding hydrogens is 196 g/mol. The van der Waals surface area contributed by atoms with Gasteiger partial charge in [-0.05, 0) is 6.92 Å². The molecule has 0 bridgehead atoms. The Hall–Kier alpha value is -0.320. The summed E-state index contributed by atoms with van der Waals surface area (Å²) in [5.41, 5.74) is 0. The highest BCUT2D eigenvalue weighted by Crippen LogP contribution is 2.18. The standard InChI is InChI=1S/C8H15ClO4/c1-4-13-7(10)5-8(6-9,11-2)12-3/h4-6H2,1-3H3. The second kappa shape index (κ2) is 6.18. The van der Waals surface area contributed by atoms with E-state index in [0.29, 0.717) is 6.61 Å². The molecule has 0 fully saturated rings. The highest BCUT2D eigenvalue weighted by Gasteiger charge is 2.32. The largest absolute Gasteiger partial charge is 0.466 e. The predicted molar refractivity (Wildman–Crippen MR) is 48.7 cm³/mol. The van der Waals surface area contributed by atoms with Crippen molar-refractivity contribution < 1.29 is 19.0 Å². The lowest BCUT2D eigenvalue weighted by molar-refractivity contribution is -0.203. The summed E-state index contributed by atoms with van der Waals surface area (Å²) in [6, 6.07) is 0. The number of hydrogen-bond donors (Lipinski definition) is 0. The molecule has 0 rings (SSSR count). The number of carbonyl (C=O) groups excluding carboxylic acids is 1. The average molecular weight is 211 g/mol. The van der Waals surface area contributed by atoms with Gasteiger partial charge in [0.25, 0.3) is 0 Å². The number of rotatable bonds is 6. The molecule has 0 N–H and O–H groups in total. The van der Waals surface area contributed by atoms with Crippen molar-refractivity contribution in [1.82, 2.24) is 0 Å². The van der Waals surface area contributed by atoms with Gasteiger partial charge in [-0.15, -0.1) is 11.6 Å². The van der Waals surface area contributed by atoms with Crippen LogP contribution in [0.15, 0.2) is 0 Å². The van der Waals surface area contributed by atoms with Gasteiger partial charge >= 0.3 is 5.97 Å². The molecule has 78 valence electrons. The SMILES string of the molecule is CCOC(=O)CC(CCl)(OC)OC. The summed E-state index contributed by atoms with van der Waals surface area (Å²) in [5, 5.41) is 0. The molecule has 4 nitrogen and oxygen atoms in total. The van der Waals surface area contributed by atoms with Crippen molar-refractivity contribution in [1.29, 1.82) is 0 Å². The van der Waals surface area contributed by atoms with Crippen molar-refractivity contribution in [2.45, 2.75) is 19.1 Å². The summed E-state index contributed by atoms with van der Waals surface area (Å²) in [6.07, 6.45) is -0.00264. The number of ether oxygens (including phenoxy) is 3. The molecule has 0 aliphatic carbocycles. The van der Waals surface area contributed by atoms with E-state index < -0.39 is 5.79 Å². The summed E-state index contributed by atoms with van der Waals surface area (Å²) in [7, 11) is 2.87. The smallest absolute Gasteiger partial charge is 0.311 e. The normalized spacial score (nSPS) is 11.4. The number of hydrogen-bond acceptors (Lipinski definition) is 4. The van der Waals surface area contributed by atoms with E-state index in [4.69, 9.17) is 25.8 Å². The predicted octanol–water partition coefficient (Wildman–Crippen LogP) is 1.17. The number of esters is 1. The molecule has 0 aromatic carbocycles. The maximum atomic E-state index is 11.1. The first-order chi connectivity index (χ1) is 6.14. The van der Waals surface area contributed by atoms with Crippen molar-refractivity contribution in [3.63, 3.8) is 0 Å². The van der Waals surface area contributed by atoms with Crippen LogP contribution in [0.5, 0.6) is 0 Å². The number of halogens is 1. The van der Waals surface area contributed by atoms with E-state index in [1.54, 1.807) is 6.92 Å². The molecule has 0 spiro atoms. The molecule has 0 aliphatic heterocycles. The second-order valence-corrected chi connectivity index (χ2v) is 2.70. The van der Waals surface area contributed by atoms with Crippen LogP contribution in [0.3, 0.4) is 0 Å². The van der Waals surface area contributed by atoms with E-state index in [9.17, 15) is 4.79 Å². The zero-order valence-electron chi connectivity index (χ0n) is 8.13. The van der Waals surface area contributed by atoms with E-state index in [1.807, 2.05) is 0 Å². The van der Waals surface area contributed by atoms with Gasteiger partial charge < -0.3 is 14.2 Å². The van der Waals surface area contributed by atoms with E-state index in [0.717, 1.165) is 0 Å². The van der Waals surface area contributed by atoms with Gasteiger partial charge in [-0.1, -0.05) is 0 Å². The molecule has 0 radical (unpaired) electrons. The average Bonchev–Trinajstić information content (AvgIpc) is 2.15. The minimum atomic E-state index is -1.06. The molecule has 0 heterocycles. The lowest BCUT2D eigenvalue weighted by Crippen LogP contribution is -2.38. The Morgan fingerprint density at radius 2 is 1.92 bits per heavy atom. The third kappa shape index (κ3) is 3.93. The Kier molecular flexibility index (Phi) is 6.03. The number of carbonyl (C=O) groups is 1. The van der Waals surface area contributed by atoms with Gasteiger partial charge in [-0.3, -0.25) is 4.79 Å². The third-order valence-electron chi connectivity index (χ3n) is 1.67. The Morgan fingerprint density at radius 3 is 2.23 bits per heavy atom. The van der Waals surface area contributed by atoms with Crippen molar-refractivity contribution in [3.8, 4) is 0 Å². The molecule has 0 unspecified atom stereocenters. The fourth-order valence-electron chi connectivity index (χ4n) is 0.816. The minimum absolute atomic E-state index is 0.00264. The maximum Gasteiger partial charge on any atom is 0.311 e. The Bertz CT molecular complexity index is 148. The molecule has 0 aromatic heterocycles. The summed E-state index contributed by atoms with van der Waals surface area (Å²) >= 11 is 5.61. The molecule has 0 saturated carbocycles. The van der Waals surface area contributed by atoms with Crippen molar-refractivity contribution in [2.24, 2.45) is 0 Å². The first-order valence-corrected chi connectivity index (χ1v) is 4.49. The summed E-state index contributed by atoms with van der Waals surface area (Å²) in [4.78, 5) is 11.1. The van der Waals surface area contributed by atoms with Crippen LogP contribution in [-0.4, -0.2) is 38.5 Å². The Morgan fingerprint density at radius 1 is 1.38 bits per heavy atom. The Balaban J connectivity index is 4.16. The van der Waals surface area contributed by atoms with Crippen LogP contribution in [0, 0.1) is 0 Å². The molecule has 5 heteroatoms. The summed E-state index contributed by atoms with van der Waals surface area (Å²) in [5.74, 6) is -1.36. The number of alkyl halides is 1. The second-order valence-electron chi connectivity index (χ2n) is 2.43. The quantitative estimate of drug-likeness (QED) is 0.375. The van der Waals surface area contributed by atoms with Gasteiger partial charge in [0.2, 0.25) is 0 Å². The molecule has 13 heavy (non-hydrogen) atoms. The van der Waals surface area contributed by atoms with E-state index >= 15 is 0 Å². The van der Waals surface area contributed by atoms with Crippen LogP contribution in [0.2, 0.25) is 0 Å². The molecule has 0 saturated heterocycles. The molecule has 0 aliphatic rings. The summed E-state index contributed by atoms with van der Waals surface area (Å²) < 4.78 is 14.7. The van der Waals surface area contributed by atoms with Gasteiger partial charge in [0.05, 0.1) is 12.5 Å². The van der Waals surface area contributed by atoms with E-state index in [-0.39, 0.29) is 18.3 Å². The van der Waals surface area contributed by atoms with E-state index in [1.165, 1.54) is 14.2 Å². The first kappa shape index (κ1) is 12.7. The maximum absolute atomic E-state index is 11.1. The van der Waals surface area contributed by atoms with Gasteiger partial charge in [0.1, 0.15) is 6.42 Å². The lowest BCUT2D eigenvalue weighted by atomic mass is 10.2. The van der Waals surface area contributed by atoms with Gasteiger partial charge in [0, 0.05) is 14.2 Å². The highest BCUT2D eigenvalue weighted by atomic mass is 35.5. The van der Waals surface area contributed by atoms with Gasteiger partial charge in [-0.2, -0.15) is 0 Å². The van der Waals surface area contributed by atoms with E-state index in [2.05, 4.69) is 0 Å². The molecule has 0 amide bonds. The van der Waals surface area contributed by atoms with Gasteiger partial charge in [0.15, 0.2) is 5.79 Å².